The van der Waals surface area contributed by atoms with E-state index in [1.165, 1.54) is 24.5 Å². The summed E-state index contributed by atoms with van der Waals surface area (Å²) in [6.07, 6.45) is 2.78. The van der Waals surface area contributed by atoms with E-state index in [9.17, 15) is 8.78 Å². The van der Waals surface area contributed by atoms with Crippen LogP contribution in [0.5, 0.6) is 0 Å². The van der Waals surface area contributed by atoms with E-state index in [1.807, 2.05) is 0 Å². The van der Waals surface area contributed by atoms with Gasteiger partial charge in [-0.1, -0.05) is 12.1 Å². The standard InChI is InChI=1S/C11H8BF2NO2/c13-9-4-3-8(12(16)17)11(14)10(9)7-2-1-5-15-6-7/h1-6,16-17H. The SMILES string of the molecule is OB(O)c1ccc(F)c(-c2cccnc2)c1F. The van der Waals surface area contributed by atoms with Gasteiger partial charge in [-0.2, -0.15) is 0 Å². The second kappa shape index (κ2) is 4.61. The quantitative estimate of drug-likeness (QED) is 0.753. The molecule has 0 unspecified atom stereocenters. The molecule has 1 heterocycles. The fraction of sp³-hybridized carbons (Fsp3) is 0. The Balaban J connectivity index is 2.65. The average Bonchev–Trinajstić information content (AvgIpc) is 2.30. The van der Waals surface area contributed by atoms with E-state index in [2.05, 4.69) is 4.98 Å². The van der Waals surface area contributed by atoms with Crippen molar-refractivity contribution in [3.63, 3.8) is 0 Å². The van der Waals surface area contributed by atoms with E-state index < -0.39 is 18.8 Å². The van der Waals surface area contributed by atoms with Gasteiger partial charge in [0.15, 0.2) is 0 Å². The molecule has 0 aliphatic heterocycles. The largest absolute Gasteiger partial charge is 0.491 e. The Morgan fingerprint density at radius 3 is 2.47 bits per heavy atom. The van der Waals surface area contributed by atoms with Crippen LogP contribution < -0.4 is 5.46 Å². The molecule has 0 aliphatic carbocycles. The zero-order valence-corrected chi connectivity index (χ0v) is 8.64. The molecule has 0 spiro atoms. The molecule has 17 heavy (non-hydrogen) atoms. The van der Waals surface area contributed by atoms with E-state index in [1.54, 1.807) is 0 Å². The van der Waals surface area contributed by atoms with Crippen molar-refractivity contribution in [3.8, 4) is 11.1 Å². The summed E-state index contributed by atoms with van der Waals surface area (Å²) in [5.41, 5.74) is -0.445. The maximum absolute atomic E-state index is 13.9. The van der Waals surface area contributed by atoms with Gasteiger partial charge in [0.05, 0.1) is 5.56 Å². The molecule has 0 aliphatic rings. The van der Waals surface area contributed by atoms with Gasteiger partial charge < -0.3 is 10.0 Å². The minimum atomic E-state index is -1.98. The first-order chi connectivity index (χ1) is 8.11. The van der Waals surface area contributed by atoms with Crippen LogP contribution in [0.2, 0.25) is 0 Å². The molecule has 0 saturated carbocycles. The Morgan fingerprint density at radius 2 is 1.88 bits per heavy atom. The highest BCUT2D eigenvalue weighted by molar-refractivity contribution is 6.58. The number of halogens is 2. The molecule has 0 fully saturated rings. The van der Waals surface area contributed by atoms with Gasteiger partial charge in [0.1, 0.15) is 11.6 Å². The van der Waals surface area contributed by atoms with Crippen molar-refractivity contribution in [2.45, 2.75) is 0 Å². The van der Waals surface area contributed by atoms with Crippen molar-refractivity contribution in [1.29, 1.82) is 0 Å². The first kappa shape index (κ1) is 11.7. The van der Waals surface area contributed by atoms with Crippen LogP contribution in [0.15, 0.2) is 36.7 Å². The van der Waals surface area contributed by atoms with Crippen LogP contribution in [0.1, 0.15) is 0 Å². The maximum atomic E-state index is 13.9. The van der Waals surface area contributed by atoms with Gasteiger partial charge in [0, 0.05) is 23.4 Å². The fourth-order valence-electron chi connectivity index (χ4n) is 1.54. The number of pyridine rings is 1. The van der Waals surface area contributed by atoms with Crippen LogP contribution in [0, 0.1) is 11.6 Å². The van der Waals surface area contributed by atoms with Gasteiger partial charge >= 0.3 is 7.12 Å². The third-order valence-corrected chi connectivity index (χ3v) is 2.35. The Kier molecular flexibility index (Phi) is 3.17. The summed E-state index contributed by atoms with van der Waals surface area (Å²) in [7, 11) is -1.98. The Labute approximate surface area is 96.5 Å². The van der Waals surface area contributed by atoms with E-state index in [0.717, 1.165) is 12.1 Å². The predicted octanol–water partition coefficient (Wildman–Crippen LogP) is 0.707. The molecule has 2 N–H and O–H groups in total. The number of aromatic nitrogens is 1. The van der Waals surface area contributed by atoms with Crippen molar-refractivity contribution in [1.82, 2.24) is 4.98 Å². The minimum absolute atomic E-state index is 0.241. The molecular formula is C11H8BF2NO2. The number of hydrogen-bond acceptors (Lipinski definition) is 3. The summed E-state index contributed by atoms with van der Waals surface area (Å²) in [6, 6.07) is 5.01. The summed E-state index contributed by atoms with van der Waals surface area (Å²) >= 11 is 0. The summed E-state index contributed by atoms with van der Waals surface area (Å²) in [5.74, 6) is -1.77. The van der Waals surface area contributed by atoms with Gasteiger partial charge in [-0.15, -0.1) is 0 Å². The van der Waals surface area contributed by atoms with Crippen LogP contribution in [-0.2, 0) is 0 Å². The highest BCUT2D eigenvalue weighted by atomic mass is 19.1. The van der Waals surface area contributed by atoms with E-state index in [0.29, 0.717) is 0 Å². The molecule has 0 bridgehead atoms. The lowest BCUT2D eigenvalue weighted by Gasteiger charge is -2.08. The van der Waals surface area contributed by atoms with Crippen molar-refractivity contribution in [3.05, 3.63) is 48.3 Å². The molecular weight excluding hydrogens is 227 g/mol. The summed E-state index contributed by atoms with van der Waals surface area (Å²) in [5, 5.41) is 17.9. The van der Waals surface area contributed by atoms with Crippen LogP contribution in [-0.4, -0.2) is 22.2 Å². The number of nitrogens with zero attached hydrogens (tertiary/aromatic N) is 1. The molecule has 1 aromatic heterocycles. The van der Waals surface area contributed by atoms with E-state index >= 15 is 0 Å². The second-order valence-electron chi connectivity index (χ2n) is 3.44. The summed E-state index contributed by atoms with van der Waals surface area (Å²) in [4.78, 5) is 3.76. The van der Waals surface area contributed by atoms with Gasteiger partial charge in [-0.25, -0.2) is 8.78 Å². The monoisotopic (exact) mass is 235 g/mol. The van der Waals surface area contributed by atoms with E-state index in [-0.39, 0.29) is 16.6 Å². The van der Waals surface area contributed by atoms with Crippen LogP contribution in [0.4, 0.5) is 8.78 Å². The zero-order chi connectivity index (χ0) is 12.4. The summed E-state index contributed by atoms with van der Waals surface area (Å²) in [6.45, 7) is 0. The molecule has 0 saturated heterocycles. The smallest absolute Gasteiger partial charge is 0.423 e. The Bertz CT molecular complexity index is 534. The average molecular weight is 235 g/mol. The lowest BCUT2D eigenvalue weighted by atomic mass is 9.78. The third-order valence-electron chi connectivity index (χ3n) is 2.35. The maximum Gasteiger partial charge on any atom is 0.491 e. The predicted molar refractivity (Wildman–Crippen MR) is 59.4 cm³/mol. The molecule has 1 aromatic carbocycles. The highest BCUT2D eigenvalue weighted by Gasteiger charge is 2.22. The fourth-order valence-corrected chi connectivity index (χ4v) is 1.54. The molecule has 3 nitrogen and oxygen atoms in total. The van der Waals surface area contributed by atoms with Gasteiger partial charge in [-0.05, 0) is 12.1 Å². The van der Waals surface area contributed by atoms with Crippen molar-refractivity contribution >= 4 is 12.6 Å². The molecule has 86 valence electrons. The number of benzene rings is 1. The third kappa shape index (κ3) is 2.18. The number of hydrogen-bond donors (Lipinski definition) is 2. The minimum Gasteiger partial charge on any atom is -0.423 e. The lowest BCUT2D eigenvalue weighted by Crippen LogP contribution is -2.33. The molecule has 2 aromatic rings. The first-order valence-electron chi connectivity index (χ1n) is 4.85. The molecule has 2 rings (SSSR count). The zero-order valence-electron chi connectivity index (χ0n) is 8.64. The Hall–Kier alpha value is -1.79. The van der Waals surface area contributed by atoms with Gasteiger partial charge in [0.25, 0.3) is 0 Å². The molecule has 0 atom stereocenters. The van der Waals surface area contributed by atoms with Crippen molar-refractivity contribution in [2.75, 3.05) is 0 Å². The second-order valence-corrected chi connectivity index (χ2v) is 3.44. The number of rotatable bonds is 2. The first-order valence-corrected chi connectivity index (χ1v) is 4.85. The van der Waals surface area contributed by atoms with E-state index in [4.69, 9.17) is 10.0 Å². The Morgan fingerprint density at radius 1 is 1.12 bits per heavy atom. The van der Waals surface area contributed by atoms with Gasteiger partial charge in [-0.3, -0.25) is 4.98 Å². The van der Waals surface area contributed by atoms with Crippen molar-refractivity contribution < 1.29 is 18.8 Å². The summed E-state index contributed by atoms with van der Waals surface area (Å²) < 4.78 is 27.4. The lowest BCUT2D eigenvalue weighted by molar-refractivity contribution is 0.423. The van der Waals surface area contributed by atoms with Crippen LogP contribution in [0.3, 0.4) is 0 Å². The highest BCUT2D eigenvalue weighted by Crippen LogP contribution is 2.23. The topological polar surface area (TPSA) is 53.4 Å². The van der Waals surface area contributed by atoms with Gasteiger partial charge in [0.2, 0.25) is 0 Å². The molecule has 6 heteroatoms. The van der Waals surface area contributed by atoms with Crippen LogP contribution in [0.25, 0.3) is 11.1 Å². The molecule has 0 amide bonds. The normalized spacial score (nSPS) is 10.4. The van der Waals surface area contributed by atoms with Crippen LogP contribution >= 0.6 is 0 Å². The van der Waals surface area contributed by atoms with Crippen molar-refractivity contribution in [2.24, 2.45) is 0 Å². The molecule has 0 radical (unpaired) electrons.